The first-order valence-corrected chi connectivity index (χ1v) is 23.0. The number of nitrogens with one attached hydrogen (secondary N) is 3. The van der Waals surface area contributed by atoms with Crippen LogP contribution in [0, 0.1) is 17.8 Å². The quantitative estimate of drug-likeness (QED) is 0.268. The number of allylic oxidation sites excluding steroid dienone is 1. The number of sulfonamides is 1. The zero-order chi connectivity index (χ0) is 45.5. The second-order valence-electron chi connectivity index (χ2n) is 17.9. The molecule has 346 valence electrons. The average Bonchev–Trinajstić information content (AvgIpc) is 4.13. The SMILES string of the molecule is CC[C@@H]1C[C@@H](C)CC/C=C\[C@@H]2C[C@@]2(C(=O)NS(=O)(=O)C2(C)CC2)NC(=O)[C@@H]2C[C@@H](Oc3nc(OC)cc4cc(OC)ccc34)CN2C(=O)[C@H]1NC(=O)OC1(C(F)(F)F)CCCOC1. The van der Waals surface area contributed by atoms with Gasteiger partial charge in [0.1, 0.15) is 29.5 Å². The Morgan fingerprint density at radius 2 is 1.86 bits per heavy atom. The summed E-state index contributed by atoms with van der Waals surface area (Å²) >= 11 is 0. The molecule has 2 aromatic rings. The molecule has 1 aromatic carbocycles. The summed E-state index contributed by atoms with van der Waals surface area (Å²) in [5, 5.41) is 6.51. The number of carbonyl (C=O) groups excluding carboxylic acids is 4. The van der Waals surface area contributed by atoms with Crippen LogP contribution in [0.3, 0.4) is 0 Å². The summed E-state index contributed by atoms with van der Waals surface area (Å²) in [6.45, 7) is 4.20. The molecule has 1 unspecified atom stereocenters. The van der Waals surface area contributed by atoms with Crippen molar-refractivity contribution in [2.45, 2.75) is 125 Å². The van der Waals surface area contributed by atoms with Crippen LogP contribution in [-0.2, 0) is 33.9 Å². The normalized spacial score (nSPS) is 31.5. The van der Waals surface area contributed by atoms with Crippen LogP contribution in [0.2, 0.25) is 0 Å². The highest BCUT2D eigenvalue weighted by Crippen LogP contribution is 2.48. The van der Waals surface area contributed by atoms with Gasteiger partial charge >= 0.3 is 12.3 Å². The van der Waals surface area contributed by atoms with Crippen LogP contribution >= 0.6 is 0 Å². The van der Waals surface area contributed by atoms with Gasteiger partial charge in [-0.3, -0.25) is 19.1 Å². The van der Waals surface area contributed by atoms with Gasteiger partial charge in [0, 0.05) is 36.8 Å². The van der Waals surface area contributed by atoms with Crippen LogP contribution in [0.4, 0.5) is 18.0 Å². The first-order chi connectivity index (χ1) is 29.8. The number of aromatic nitrogens is 1. The molecule has 7 rings (SSSR count). The van der Waals surface area contributed by atoms with E-state index in [0.29, 0.717) is 55.0 Å². The van der Waals surface area contributed by atoms with Crippen LogP contribution in [0.15, 0.2) is 36.4 Å². The molecule has 2 saturated carbocycles. The minimum atomic E-state index is -4.98. The van der Waals surface area contributed by atoms with Crippen molar-refractivity contribution in [2.75, 3.05) is 34.0 Å². The van der Waals surface area contributed by atoms with E-state index >= 15 is 4.79 Å². The van der Waals surface area contributed by atoms with E-state index in [2.05, 4.69) is 20.3 Å². The number of ether oxygens (including phenoxy) is 5. The Balaban J connectivity index is 1.25. The number of carbonyl (C=O) groups is 4. The fourth-order valence-corrected chi connectivity index (χ4v) is 10.3. The van der Waals surface area contributed by atoms with E-state index in [-0.39, 0.29) is 50.1 Å². The van der Waals surface area contributed by atoms with E-state index in [4.69, 9.17) is 23.7 Å². The van der Waals surface area contributed by atoms with Gasteiger partial charge in [-0.05, 0) is 87.3 Å². The topological polar surface area (TPSA) is 201 Å². The molecule has 4 fully saturated rings. The molecular weight excluding hydrogens is 852 g/mol. The molecule has 4 amide bonds. The monoisotopic (exact) mass is 907 g/mol. The number of fused-ring (bicyclic) bond motifs is 3. The van der Waals surface area contributed by atoms with Gasteiger partial charge in [-0.1, -0.05) is 32.4 Å². The zero-order valence-electron chi connectivity index (χ0n) is 36.0. The lowest BCUT2D eigenvalue weighted by Crippen LogP contribution is -2.61. The number of amides is 4. The first kappa shape index (κ1) is 46.2. The number of methoxy groups -OCH3 is 2. The number of alkyl carbamates (subject to hydrolysis) is 1. The van der Waals surface area contributed by atoms with Crippen molar-refractivity contribution in [2.24, 2.45) is 17.8 Å². The van der Waals surface area contributed by atoms with E-state index in [0.717, 1.165) is 0 Å². The number of halogens is 3. The summed E-state index contributed by atoms with van der Waals surface area (Å²) < 4.78 is 98.8. The lowest BCUT2D eigenvalue weighted by atomic mass is 9.85. The Labute approximate surface area is 364 Å². The molecule has 20 heteroatoms. The van der Waals surface area contributed by atoms with Crippen molar-refractivity contribution in [1.82, 2.24) is 25.2 Å². The van der Waals surface area contributed by atoms with Gasteiger partial charge < -0.3 is 39.2 Å². The predicted octanol–water partition coefficient (Wildman–Crippen LogP) is 5.08. The first-order valence-electron chi connectivity index (χ1n) is 21.5. The van der Waals surface area contributed by atoms with Gasteiger partial charge in [-0.2, -0.15) is 18.2 Å². The van der Waals surface area contributed by atoms with Crippen LogP contribution in [0.5, 0.6) is 17.5 Å². The number of benzene rings is 1. The summed E-state index contributed by atoms with van der Waals surface area (Å²) in [5.74, 6) is -2.86. The number of nitrogens with zero attached hydrogens (tertiary/aromatic N) is 2. The van der Waals surface area contributed by atoms with Crippen LogP contribution in [0.1, 0.15) is 85.0 Å². The zero-order valence-corrected chi connectivity index (χ0v) is 36.9. The minimum absolute atomic E-state index is 0.0127. The van der Waals surface area contributed by atoms with Crippen molar-refractivity contribution in [3.8, 4) is 17.5 Å². The molecule has 0 radical (unpaired) electrons. The van der Waals surface area contributed by atoms with Crippen molar-refractivity contribution in [1.29, 1.82) is 0 Å². The van der Waals surface area contributed by atoms with E-state index < -0.39 is 99.0 Å². The molecule has 0 bridgehead atoms. The third-order valence-electron chi connectivity index (χ3n) is 13.4. The summed E-state index contributed by atoms with van der Waals surface area (Å²) in [7, 11) is -1.16. The van der Waals surface area contributed by atoms with Crippen molar-refractivity contribution < 1.29 is 64.5 Å². The molecule has 8 atom stereocenters. The second kappa shape index (κ2) is 17.6. The van der Waals surface area contributed by atoms with E-state index in [1.54, 1.807) is 37.3 Å². The van der Waals surface area contributed by atoms with E-state index in [1.165, 1.54) is 26.0 Å². The van der Waals surface area contributed by atoms with Crippen LogP contribution in [-0.4, -0.2) is 116 Å². The fraction of sp³-hybridized carbons (Fsp3) is 0.651. The summed E-state index contributed by atoms with van der Waals surface area (Å²) in [4.78, 5) is 63.3. The molecule has 1 aromatic heterocycles. The summed E-state index contributed by atoms with van der Waals surface area (Å²) in [6.07, 6.45) is -1.76. The lowest BCUT2D eigenvalue weighted by molar-refractivity contribution is -0.285. The van der Waals surface area contributed by atoms with E-state index in [1.807, 2.05) is 13.0 Å². The van der Waals surface area contributed by atoms with Crippen molar-refractivity contribution in [3.63, 3.8) is 0 Å². The third-order valence-corrected chi connectivity index (χ3v) is 15.5. The molecule has 63 heavy (non-hydrogen) atoms. The van der Waals surface area contributed by atoms with Gasteiger partial charge in [-0.25, -0.2) is 13.2 Å². The molecule has 2 aliphatic carbocycles. The Hall–Kier alpha value is -4.85. The highest BCUT2D eigenvalue weighted by Gasteiger charge is 2.63. The van der Waals surface area contributed by atoms with Gasteiger partial charge in [0.2, 0.25) is 39.2 Å². The minimum Gasteiger partial charge on any atom is -0.497 e. The molecule has 5 aliphatic rings. The average molecular weight is 908 g/mol. The van der Waals surface area contributed by atoms with E-state index in [9.17, 15) is 36.0 Å². The smallest absolute Gasteiger partial charge is 0.430 e. The fourth-order valence-electron chi connectivity index (χ4n) is 8.94. The van der Waals surface area contributed by atoms with Crippen LogP contribution < -0.4 is 29.6 Å². The molecule has 3 N–H and O–H groups in total. The molecule has 3 aliphatic heterocycles. The number of pyridine rings is 1. The Morgan fingerprint density at radius 1 is 1.10 bits per heavy atom. The maximum absolute atomic E-state index is 15.1. The molecule has 4 heterocycles. The van der Waals surface area contributed by atoms with Crippen molar-refractivity contribution >= 4 is 44.6 Å². The Kier molecular flexibility index (Phi) is 12.9. The molecule has 0 spiro atoms. The highest BCUT2D eigenvalue weighted by atomic mass is 32.2. The van der Waals surface area contributed by atoms with Crippen molar-refractivity contribution in [3.05, 3.63) is 36.4 Å². The number of rotatable bonds is 10. The van der Waals surface area contributed by atoms with Gasteiger partial charge in [0.15, 0.2) is 0 Å². The third kappa shape index (κ3) is 9.38. The number of alkyl halides is 3. The summed E-state index contributed by atoms with van der Waals surface area (Å²) in [6, 6.07) is 4.04. The van der Waals surface area contributed by atoms with Gasteiger partial charge in [0.25, 0.3) is 5.91 Å². The van der Waals surface area contributed by atoms with Gasteiger partial charge in [0.05, 0.1) is 32.1 Å². The maximum Gasteiger partial charge on any atom is 0.430 e. The largest absolute Gasteiger partial charge is 0.497 e. The standard InChI is InChI=1S/C43H56F3N5O11S/c1-6-26-18-25(2)10-7-8-11-28-22-42(28,38(54)50-63(56,57)40(3)15-16-40)49-35(52)32-21-30(61-36-31-13-12-29(58-4)19-27(31)20-33(47-36)59-5)23-51(32)37(53)34(26)48-39(55)62-41(43(44,45)46)14-9-17-60-24-41/h8,11-13,19-20,25-26,28,30,32,34H,6-7,9-10,14-18,21-24H2,1-5H3,(H,48,55)(H,49,52)(H,50,54)/b11-8-/t25-,26+,28+,30+,32-,34-,41?,42+/m0/s1. The Morgan fingerprint density at radius 3 is 2.51 bits per heavy atom. The van der Waals surface area contributed by atoms with Gasteiger partial charge in [-0.15, -0.1) is 0 Å². The highest BCUT2D eigenvalue weighted by molar-refractivity contribution is 7.91. The molecular formula is C43H56F3N5O11S. The maximum atomic E-state index is 15.1. The lowest BCUT2D eigenvalue weighted by Gasteiger charge is -2.39. The molecule has 2 saturated heterocycles. The Bertz CT molecular complexity index is 2230. The summed E-state index contributed by atoms with van der Waals surface area (Å²) in [5.41, 5.74) is -4.61. The second-order valence-corrected chi connectivity index (χ2v) is 20.1. The van der Waals surface area contributed by atoms with Crippen LogP contribution in [0.25, 0.3) is 10.8 Å². The number of hydrogen-bond donors (Lipinski definition) is 3. The molecule has 16 nitrogen and oxygen atoms in total. The number of hydrogen-bond acceptors (Lipinski definition) is 12. The predicted molar refractivity (Wildman–Crippen MR) is 221 cm³/mol.